The summed E-state index contributed by atoms with van der Waals surface area (Å²) in [5.41, 5.74) is 0.877. The second-order valence-electron chi connectivity index (χ2n) is 2.81. The summed E-state index contributed by atoms with van der Waals surface area (Å²) < 4.78 is 0. The molecule has 1 rings (SSSR count). The first-order chi connectivity index (χ1) is 6.86. The number of aromatic nitrogens is 1. The molecule has 0 aliphatic carbocycles. The van der Waals surface area contributed by atoms with Gasteiger partial charge in [-0.05, 0) is 25.0 Å². The van der Waals surface area contributed by atoms with Gasteiger partial charge >= 0.3 is 0 Å². The minimum absolute atomic E-state index is 0.738. The van der Waals surface area contributed by atoms with E-state index in [0.29, 0.717) is 0 Å². The van der Waals surface area contributed by atoms with Crippen molar-refractivity contribution in [3.8, 4) is 0 Å². The van der Waals surface area contributed by atoms with Gasteiger partial charge in [-0.15, -0.1) is 0 Å². The van der Waals surface area contributed by atoms with Gasteiger partial charge in [-0.25, -0.2) is 9.98 Å². The predicted molar refractivity (Wildman–Crippen MR) is 61.1 cm³/mol. The van der Waals surface area contributed by atoms with Gasteiger partial charge in [-0.3, -0.25) is 4.99 Å². The molecule has 0 amide bonds. The molecule has 1 aromatic heterocycles. The van der Waals surface area contributed by atoms with E-state index < -0.39 is 0 Å². The fourth-order valence-electron chi connectivity index (χ4n) is 0.912. The van der Waals surface area contributed by atoms with Crippen molar-refractivity contribution in [2.45, 2.75) is 26.7 Å². The third-order valence-corrected chi connectivity index (χ3v) is 1.56. The highest BCUT2D eigenvalue weighted by molar-refractivity contribution is 5.64. The van der Waals surface area contributed by atoms with Gasteiger partial charge < -0.3 is 0 Å². The van der Waals surface area contributed by atoms with Gasteiger partial charge in [0.05, 0.1) is 11.9 Å². The molecule has 0 atom stereocenters. The van der Waals surface area contributed by atoms with Crippen LogP contribution in [0.2, 0.25) is 0 Å². The lowest BCUT2D eigenvalue weighted by atomic mass is 10.4. The molecule has 0 N–H and O–H groups in total. The van der Waals surface area contributed by atoms with Crippen molar-refractivity contribution in [1.29, 1.82) is 0 Å². The molecule has 0 bridgehead atoms. The third-order valence-electron chi connectivity index (χ3n) is 1.56. The van der Waals surface area contributed by atoms with E-state index in [1.165, 1.54) is 0 Å². The number of hydrogen-bond acceptors (Lipinski definition) is 3. The molecular formula is C11H15N3. The van der Waals surface area contributed by atoms with Gasteiger partial charge in [0.25, 0.3) is 0 Å². The molecule has 0 aliphatic heterocycles. The highest BCUT2D eigenvalue weighted by atomic mass is 14.9. The first kappa shape index (κ1) is 10.6. The van der Waals surface area contributed by atoms with Gasteiger partial charge in [0.15, 0.2) is 5.82 Å². The van der Waals surface area contributed by atoms with Crippen molar-refractivity contribution in [3.63, 3.8) is 0 Å². The normalized spacial score (nSPS) is 11.6. The zero-order valence-electron chi connectivity index (χ0n) is 8.64. The standard InChI is InChI=1S/C11H15N3/c1-3-7-12-10-5-6-11(14-9-10)13-8-4-2/h5-9H,3-4H2,1-2H3. The van der Waals surface area contributed by atoms with Gasteiger partial charge in [0, 0.05) is 12.4 Å². The van der Waals surface area contributed by atoms with E-state index in [4.69, 9.17) is 0 Å². The van der Waals surface area contributed by atoms with Gasteiger partial charge in [-0.1, -0.05) is 13.8 Å². The minimum atomic E-state index is 0.738. The molecule has 0 spiro atoms. The van der Waals surface area contributed by atoms with E-state index >= 15 is 0 Å². The van der Waals surface area contributed by atoms with Crippen molar-refractivity contribution in [2.75, 3.05) is 0 Å². The van der Waals surface area contributed by atoms with E-state index in [1.54, 1.807) is 6.20 Å². The van der Waals surface area contributed by atoms with Crippen LogP contribution < -0.4 is 0 Å². The number of hydrogen-bond donors (Lipinski definition) is 0. The Balaban J connectivity index is 2.68. The van der Waals surface area contributed by atoms with Crippen LogP contribution in [-0.2, 0) is 0 Å². The fourth-order valence-corrected chi connectivity index (χ4v) is 0.912. The predicted octanol–water partition coefficient (Wildman–Crippen LogP) is 3.31. The van der Waals surface area contributed by atoms with E-state index in [2.05, 4.69) is 21.9 Å². The maximum absolute atomic E-state index is 4.21. The lowest BCUT2D eigenvalue weighted by Gasteiger charge is -1.93. The first-order valence-electron chi connectivity index (χ1n) is 4.88. The van der Waals surface area contributed by atoms with Crippen molar-refractivity contribution in [2.24, 2.45) is 9.98 Å². The molecule has 0 saturated heterocycles. The molecular weight excluding hydrogens is 174 g/mol. The zero-order valence-corrected chi connectivity index (χ0v) is 8.64. The second-order valence-corrected chi connectivity index (χ2v) is 2.81. The highest BCUT2D eigenvalue weighted by Gasteiger charge is 1.90. The summed E-state index contributed by atoms with van der Waals surface area (Å²) in [7, 11) is 0. The van der Waals surface area contributed by atoms with E-state index in [9.17, 15) is 0 Å². The molecule has 0 fully saturated rings. The van der Waals surface area contributed by atoms with Crippen LogP contribution in [0.3, 0.4) is 0 Å². The lowest BCUT2D eigenvalue weighted by Crippen LogP contribution is -1.75. The summed E-state index contributed by atoms with van der Waals surface area (Å²) in [5, 5.41) is 0. The van der Waals surface area contributed by atoms with E-state index in [-0.39, 0.29) is 0 Å². The van der Waals surface area contributed by atoms with Crippen molar-refractivity contribution in [3.05, 3.63) is 18.3 Å². The van der Waals surface area contributed by atoms with Crippen LogP contribution in [-0.4, -0.2) is 17.4 Å². The zero-order chi connectivity index (χ0) is 10.2. The van der Waals surface area contributed by atoms with Crippen molar-refractivity contribution < 1.29 is 0 Å². The molecule has 1 aromatic rings. The van der Waals surface area contributed by atoms with Crippen LogP contribution in [0.15, 0.2) is 28.3 Å². The maximum Gasteiger partial charge on any atom is 0.151 e. The summed E-state index contributed by atoms with van der Waals surface area (Å²) in [6, 6.07) is 3.79. The topological polar surface area (TPSA) is 37.6 Å². The van der Waals surface area contributed by atoms with Crippen LogP contribution in [0.25, 0.3) is 0 Å². The number of rotatable bonds is 4. The van der Waals surface area contributed by atoms with Crippen LogP contribution in [0.5, 0.6) is 0 Å². The Morgan fingerprint density at radius 2 is 1.86 bits per heavy atom. The summed E-state index contributed by atoms with van der Waals surface area (Å²) >= 11 is 0. The van der Waals surface area contributed by atoms with Crippen LogP contribution in [0.1, 0.15) is 26.7 Å². The first-order valence-corrected chi connectivity index (χ1v) is 4.88. The van der Waals surface area contributed by atoms with Gasteiger partial charge in [0.2, 0.25) is 0 Å². The summed E-state index contributed by atoms with van der Waals surface area (Å²) in [6.07, 6.45) is 7.31. The Morgan fingerprint density at radius 1 is 1.14 bits per heavy atom. The van der Waals surface area contributed by atoms with Crippen molar-refractivity contribution in [1.82, 2.24) is 4.98 Å². The Bertz CT molecular complexity index is 279. The molecule has 0 aliphatic rings. The molecule has 0 unspecified atom stereocenters. The average Bonchev–Trinajstić information content (AvgIpc) is 2.25. The second kappa shape index (κ2) is 6.02. The van der Waals surface area contributed by atoms with E-state index in [0.717, 1.165) is 24.3 Å². The highest BCUT2D eigenvalue weighted by Crippen LogP contribution is 2.14. The Hall–Kier alpha value is -1.51. The monoisotopic (exact) mass is 189 g/mol. The lowest BCUT2D eigenvalue weighted by molar-refractivity contribution is 1.24. The molecule has 74 valence electrons. The Labute approximate surface area is 84.6 Å². The third kappa shape index (κ3) is 3.47. The molecule has 0 radical (unpaired) electrons. The maximum atomic E-state index is 4.21. The summed E-state index contributed by atoms with van der Waals surface area (Å²) in [5.74, 6) is 0.738. The number of aliphatic imine (C=N–C) groups is 2. The fraction of sp³-hybridized carbons (Fsp3) is 0.364. The minimum Gasteiger partial charge on any atom is -0.260 e. The van der Waals surface area contributed by atoms with Gasteiger partial charge in [-0.2, -0.15) is 0 Å². The number of pyridine rings is 1. The number of nitrogens with zero attached hydrogens (tertiary/aromatic N) is 3. The SMILES string of the molecule is CCC=Nc1ccc(N=CCC)nc1. The largest absolute Gasteiger partial charge is 0.260 e. The average molecular weight is 189 g/mol. The molecule has 14 heavy (non-hydrogen) atoms. The Kier molecular flexibility index (Phi) is 4.55. The van der Waals surface area contributed by atoms with Crippen LogP contribution >= 0.6 is 0 Å². The molecule has 3 heteroatoms. The summed E-state index contributed by atoms with van der Waals surface area (Å²) in [6.45, 7) is 4.10. The van der Waals surface area contributed by atoms with Gasteiger partial charge in [0.1, 0.15) is 0 Å². The molecule has 3 nitrogen and oxygen atoms in total. The van der Waals surface area contributed by atoms with Crippen molar-refractivity contribution >= 4 is 23.9 Å². The quantitative estimate of drug-likeness (QED) is 0.669. The summed E-state index contributed by atoms with van der Waals surface area (Å²) in [4.78, 5) is 12.5. The van der Waals surface area contributed by atoms with E-state index in [1.807, 2.05) is 31.5 Å². The molecule has 0 saturated carbocycles. The Morgan fingerprint density at radius 3 is 2.43 bits per heavy atom. The molecule has 0 aromatic carbocycles. The van der Waals surface area contributed by atoms with Crippen LogP contribution in [0, 0.1) is 0 Å². The smallest absolute Gasteiger partial charge is 0.151 e. The molecule has 1 heterocycles. The van der Waals surface area contributed by atoms with Crippen LogP contribution in [0.4, 0.5) is 11.5 Å².